The molecule has 0 unspecified atom stereocenters. The fraction of sp³-hybridized carbons (Fsp3) is 0.556. The first-order valence-electron chi connectivity index (χ1n) is 9.16. The summed E-state index contributed by atoms with van der Waals surface area (Å²) in [6.45, 7) is 1.94. The molecule has 2 saturated heterocycles. The molecule has 1 aromatic rings. The third kappa shape index (κ3) is 4.73. The maximum absolute atomic E-state index is 12.9. The molecule has 0 aromatic heterocycles. The number of likely N-dealkylation sites (tertiary alicyclic amines) is 1. The summed E-state index contributed by atoms with van der Waals surface area (Å²) >= 11 is 0. The minimum Gasteiger partial charge on any atom is -0.495 e. The number of hydrogen-bond acceptors (Lipinski definition) is 7. The smallest absolute Gasteiger partial charge is 0.244 e. The lowest BCUT2D eigenvalue weighted by Gasteiger charge is -2.21. The fourth-order valence-electron chi connectivity index (χ4n) is 3.40. The van der Waals surface area contributed by atoms with E-state index in [1.165, 1.54) is 24.1 Å². The van der Waals surface area contributed by atoms with Crippen molar-refractivity contribution >= 4 is 21.6 Å². The Morgan fingerprint density at radius 2 is 2.07 bits per heavy atom. The first kappa shape index (κ1) is 20.4. The van der Waals surface area contributed by atoms with Crippen LogP contribution in [-0.4, -0.2) is 58.7 Å². The number of nitrogens with zero attached hydrogens (tertiary/aromatic N) is 2. The van der Waals surface area contributed by atoms with E-state index >= 15 is 0 Å². The highest BCUT2D eigenvalue weighted by molar-refractivity contribution is 7.89. The molecule has 0 spiro atoms. The summed E-state index contributed by atoms with van der Waals surface area (Å²) in [5.74, 6) is -0.110. The topological polar surface area (TPSA) is 121 Å². The van der Waals surface area contributed by atoms with Crippen molar-refractivity contribution < 1.29 is 22.7 Å². The Kier molecular flexibility index (Phi) is 6.39. The monoisotopic (exact) mass is 408 g/mol. The van der Waals surface area contributed by atoms with Gasteiger partial charge in [0.1, 0.15) is 10.6 Å². The van der Waals surface area contributed by atoms with Gasteiger partial charge in [-0.05, 0) is 37.5 Å². The predicted octanol–water partition coefficient (Wildman–Crippen LogP) is 0.894. The lowest BCUT2D eigenvalue weighted by atomic mass is 9.99. The summed E-state index contributed by atoms with van der Waals surface area (Å²) in [7, 11) is -2.49. The van der Waals surface area contributed by atoms with Gasteiger partial charge in [0.2, 0.25) is 15.9 Å². The summed E-state index contributed by atoms with van der Waals surface area (Å²) in [6.07, 6.45) is 3.86. The van der Waals surface area contributed by atoms with Gasteiger partial charge in [0.25, 0.3) is 0 Å². The minimum absolute atomic E-state index is 0.0461. The number of benzene rings is 1. The summed E-state index contributed by atoms with van der Waals surface area (Å²) in [4.78, 5) is 13.9. The van der Waals surface area contributed by atoms with Gasteiger partial charge in [-0.25, -0.2) is 13.1 Å². The summed E-state index contributed by atoms with van der Waals surface area (Å²) in [5.41, 5.74) is 0.391. The van der Waals surface area contributed by atoms with Crippen LogP contribution in [0.4, 0.5) is 5.69 Å². The number of amides is 1. The zero-order valence-electron chi connectivity index (χ0n) is 15.7. The lowest BCUT2D eigenvalue weighted by Crippen LogP contribution is -2.36. The third-order valence-electron chi connectivity index (χ3n) is 4.96. The fourth-order valence-corrected chi connectivity index (χ4v) is 4.86. The normalized spacial score (nSPS) is 20.6. The molecular formula is C18H24N4O5S. The maximum Gasteiger partial charge on any atom is 0.244 e. The van der Waals surface area contributed by atoms with Gasteiger partial charge in [0.15, 0.2) is 6.19 Å². The van der Waals surface area contributed by atoms with Crippen molar-refractivity contribution in [3.05, 3.63) is 18.2 Å². The van der Waals surface area contributed by atoms with Crippen LogP contribution in [0.25, 0.3) is 0 Å². The van der Waals surface area contributed by atoms with Crippen LogP contribution in [0.5, 0.6) is 5.75 Å². The molecule has 2 heterocycles. The molecule has 0 aliphatic carbocycles. The molecule has 1 aromatic carbocycles. The molecule has 0 bridgehead atoms. The second-order valence-corrected chi connectivity index (χ2v) is 8.58. The average molecular weight is 408 g/mol. The molecule has 1 amide bonds. The molecule has 9 nitrogen and oxygen atoms in total. The quantitative estimate of drug-likeness (QED) is 0.671. The molecule has 3 rings (SSSR count). The highest BCUT2D eigenvalue weighted by Gasteiger charge is 2.29. The van der Waals surface area contributed by atoms with Crippen LogP contribution in [0.2, 0.25) is 0 Å². The number of carbonyl (C=O) groups is 1. The Labute approximate surface area is 164 Å². The number of rotatable bonds is 6. The van der Waals surface area contributed by atoms with E-state index in [0.29, 0.717) is 51.3 Å². The van der Waals surface area contributed by atoms with Crippen molar-refractivity contribution in [1.29, 1.82) is 5.26 Å². The van der Waals surface area contributed by atoms with Crippen LogP contribution >= 0.6 is 0 Å². The van der Waals surface area contributed by atoms with Crippen molar-refractivity contribution in [2.75, 3.05) is 38.7 Å². The van der Waals surface area contributed by atoms with E-state index in [1.54, 1.807) is 6.07 Å². The Bertz CT molecular complexity index is 861. The molecule has 0 radical (unpaired) electrons. The SMILES string of the molecule is COc1ccc(NC(=O)C2CCOCC2)cc1S(=O)(=O)N[C@@H]1CCN(C#N)C1. The van der Waals surface area contributed by atoms with Gasteiger partial charge >= 0.3 is 0 Å². The van der Waals surface area contributed by atoms with Crippen LogP contribution in [0, 0.1) is 17.4 Å². The van der Waals surface area contributed by atoms with Gasteiger partial charge in [-0.2, -0.15) is 5.26 Å². The van der Waals surface area contributed by atoms with Crippen molar-refractivity contribution in [2.45, 2.75) is 30.2 Å². The van der Waals surface area contributed by atoms with E-state index in [-0.39, 0.29) is 28.5 Å². The predicted molar refractivity (Wildman–Crippen MR) is 101 cm³/mol. The first-order chi connectivity index (χ1) is 13.4. The van der Waals surface area contributed by atoms with E-state index in [1.807, 2.05) is 6.19 Å². The van der Waals surface area contributed by atoms with E-state index in [2.05, 4.69) is 10.0 Å². The number of nitrogens with one attached hydrogen (secondary N) is 2. The van der Waals surface area contributed by atoms with Crippen LogP contribution in [-0.2, 0) is 19.6 Å². The molecule has 28 heavy (non-hydrogen) atoms. The Balaban J connectivity index is 1.76. The van der Waals surface area contributed by atoms with Gasteiger partial charge < -0.3 is 19.7 Å². The molecule has 2 fully saturated rings. The lowest BCUT2D eigenvalue weighted by molar-refractivity contribution is -0.122. The number of methoxy groups -OCH3 is 1. The summed E-state index contributed by atoms with van der Waals surface area (Å²) in [6, 6.07) is 4.18. The number of ether oxygens (including phenoxy) is 2. The van der Waals surface area contributed by atoms with E-state index in [4.69, 9.17) is 14.7 Å². The molecule has 0 saturated carbocycles. The highest BCUT2D eigenvalue weighted by atomic mass is 32.2. The number of anilines is 1. The standard InChI is InChI=1S/C18H24N4O5S/c1-26-16-3-2-14(20-18(23)13-5-8-27-9-6-13)10-17(16)28(24,25)21-15-4-7-22(11-15)12-19/h2-3,10,13,15,21H,4-9,11H2,1H3,(H,20,23)/t15-/m1/s1. The third-order valence-corrected chi connectivity index (χ3v) is 6.51. The van der Waals surface area contributed by atoms with Crippen molar-refractivity contribution in [3.63, 3.8) is 0 Å². The van der Waals surface area contributed by atoms with Crippen LogP contribution in [0.15, 0.2) is 23.1 Å². The molecule has 10 heteroatoms. The molecule has 2 aliphatic rings. The van der Waals surface area contributed by atoms with Crippen molar-refractivity contribution in [3.8, 4) is 11.9 Å². The van der Waals surface area contributed by atoms with Gasteiger partial charge in [-0.15, -0.1) is 0 Å². The van der Waals surface area contributed by atoms with E-state index in [0.717, 1.165) is 0 Å². The average Bonchev–Trinajstić information content (AvgIpc) is 3.15. The Morgan fingerprint density at radius 1 is 1.32 bits per heavy atom. The summed E-state index contributed by atoms with van der Waals surface area (Å²) in [5, 5.41) is 11.7. The zero-order chi connectivity index (χ0) is 20.1. The van der Waals surface area contributed by atoms with Gasteiger partial charge in [-0.3, -0.25) is 4.79 Å². The minimum atomic E-state index is -3.88. The summed E-state index contributed by atoms with van der Waals surface area (Å²) < 4.78 is 38.9. The zero-order valence-corrected chi connectivity index (χ0v) is 16.5. The Hall–Kier alpha value is -2.35. The highest BCUT2D eigenvalue weighted by Crippen LogP contribution is 2.28. The van der Waals surface area contributed by atoms with E-state index in [9.17, 15) is 13.2 Å². The van der Waals surface area contributed by atoms with Crippen molar-refractivity contribution in [2.24, 2.45) is 5.92 Å². The second kappa shape index (κ2) is 8.77. The number of hydrogen-bond donors (Lipinski definition) is 2. The Morgan fingerprint density at radius 3 is 2.71 bits per heavy atom. The maximum atomic E-state index is 12.9. The first-order valence-corrected chi connectivity index (χ1v) is 10.6. The number of carbonyl (C=O) groups excluding carboxylic acids is 1. The van der Waals surface area contributed by atoms with E-state index < -0.39 is 10.0 Å². The van der Waals surface area contributed by atoms with Gasteiger partial charge in [0.05, 0.1) is 7.11 Å². The van der Waals surface area contributed by atoms with Gasteiger partial charge in [0, 0.05) is 44.0 Å². The second-order valence-electron chi connectivity index (χ2n) is 6.89. The molecular weight excluding hydrogens is 384 g/mol. The van der Waals surface area contributed by atoms with Crippen LogP contribution < -0.4 is 14.8 Å². The van der Waals surface area contributed by atoms with Crippen LogP contribution in [0.3, 0.4) is 0 Å². The largest absolute Gasteiger partial charge is 0.495 e. The van der Waals surface area contributed by atoms with Gasteiger partial charge in [-0.1, -0.05) is 0 Å². The molecule has 2 N–H and O–H groups in total. The molecule has 152 valence electrons. The van der Waals surface area contributed by atoms with Crippen LogP contribution in [0.1, 0.15) is 19.3 Å². The molecule has 2 aliphatic heterocycles. The number of sulfonamides is 1. The van der Waals surface area contributed by atoms with Crippen molar-refractivity contribution in [1.82, 2.24) is 9.62 Å². The number of nitriles is 1. The molecule has 1 atom stereocenters.